The Kier molecular flexibility index (Phi) is 3.99. The molecule has 0 unspecified atom stereocenters. The van der Waals surface area contributed by atoms with E-state index in [0.29, 0.717) is 16.4 Å². The second-order valence-corrected chi connectivity index (χ2v) is 5.03. The normalized spacial score (nSPS) is 10.2. The van der Waals surface area contributed by atoms with E-state index in [9.17, 15) is 4.79 Å². The van der Waals surface area contributed by atoms with E-state index in [1.807, 2.05) is 19.1 Å². The molecule has 1 aromatic carbocycles. The van der Waals surface area contributed by atoms with Crippen LogP contribution in [0.3, 0.4) is 0 Å². The number of nitrogens with one attached hydrogen (secondary N) is 1. The number of rotatable bonds is 2. The van der Waals surface area contributed by atoms with Gasteiger partial charge in [-0.3, -0.25) is 4.79 Å². The fourth-order valence-corrected chi connectivity index (χ4v) is 2.06. The summed E-state index contributed by atoms with van der Waals surface area (Å²) in [5, 5.41) is 3.09. The van der Waals surface area contributed by atoms with Crippen LogP contribution in [0.4, 0.5) is 5.82 Å². The number of aromatic nitrogens is 1. The Balaban J connectivity index is 2.28. The molecule has 18 heavy (non-hydrogen) atoms. The number of hydrogen-bond acceptors (Lipinski definition) is 2. The molecule has 2 rings (SSSR count). The third-order valence-electron chi connectivity index (χ3n) is 2.36. The molecule has 0 aliphatic carbocycles. The van der Waals surface area contributed by atoms with Gasteiger partial charge in [-0.2, -0.15) is 0 Å². The standard InChI is InChI=1S/C13H10BrClN2O/c1-8-4-5-10(14)9(7-8)13(18)17-12-11(15)3-2-6-16-12/h2-7H,1H3,(H,16,17,18). The molecule has 2 aromatic rings. The Morgan fingerprint density at radius 3 is 2.89 bits per heavy atom. The van der Waals surface area contributed by atoms with Gasteiger partial charge in [0.05, 0.1) is 10.6 Å². The zero-order valence-corrected chi connectivity index (χ0v) is 11.9. The predicted molar refractivity (Wildman–Crippen MR) is 76.1 cm³/mol. The summed E-state index contributed by atoms with van der Waals surface area (Å²) in [5.74, 6) is 0.115. The van der Waals surface area contributed by atoms with Crippen LogP contribution in [0.5, 0.6) is 0 Å². The van der Waals surface area contributed by atoms with Crippen molar-refractivity contribution in [3.8, 4) is 0 Å². The molecule has 0 aliphatic rings. The molecule has 5 heteroatoms. The lowest BCUT2D eigenvalue weighted by molar-refractivity contribution is 0.102. The average Bonchev–Trinajstić information content (AvgIpc) is 2.35. The summed E-state index contributed by atoms with van der Waals surface area (Å²) in [4.78, 5) is 16.1. The Hall–Kier alpha value is -1.39. The molecule has 0 saturated heterocycles. The maximum Gasteiger partial charge on any atom is 0.258 e. The molecule has 0 bridgehead atoms. The number of carbonyl (C=O) groups is 1. The van der Waals surface area contributed by atoms with E-state index < -0.39 is 0 Å². The van der Waals surface area contributed by atoms with Crippen LogP contribution in [0.15, 0.2) is 41.0 Å². The molecule has 1 heterocycles. The smallest absolute Gasteiger partial charge is 0.258 e. The minimum atomic E-state index is -0.244. The third-order valence-corrected chi connectivity index (χ3v) is 3.35. The van der Waals surface area contributed by atoms with Gasteiger partial charge in [0.1, 0.15) is 0 Å². The van der Waals surface area contributed by atoms with Crippen molar-refractivity contribution in [1.82, 2.24) is 4.98 Å². The van der Waals surface area contributed by atoms with Crippen LogP contribution >= 0.6 is 27.5 Å². The fraction of sp³-hybridized carbons (Fsp3) is 0.0769. The first kappa shape index (κ1) is 13.1. The summed E-state index contributed by atoms with van der Waals surface area (Å²) in [6.07, 6.45) is 1.58. The zero-order chi connectivity index (χ0) is 13.1. The minimum Gasteiger partial charge on any atom is -0.305 e. The molecule has 0 saturated carbocycles. The van der Waals surface area contributed by atoms with E-state index in [1.165, 1.54) is 0 Å². The zero-order valence-electron chi connectivity index (χ0n) is 9.58. The summed E-state index contributed by atoms with van der Waals surface area (Å²) in [7, 11) is 0. The highest BCUT2D eigenvalue weighted by atomic mass is 79.9. The third kappa shape index (κ3) is 2.89. The number of amides is 1. The molecule has 1 amide bonds. The summed E-state index contributed by atoms with van der Waals surface area (Å²) < 4.78 is 0.734. The number of benzene rings is 1. The molecule has 0 aliphatic heterocycles. The minimum absolute atomic E-state index is 0.244. The van der Waals surface area contributed by atoms with E-state index in [0.717, 1.165) is 10.0 Å². The molecule has 0 radical (unpaired) electrons. The molecule has 1 aromatic heterocycles. The van der Waals surface area contributed by atoms with Gasteiger partial charge in [-0.1, -0.05) is 23.2 Å². The van der Waals surface area contributed by atoms with Gasteiger partial charge in [0, 0.05) is 10.7 Å². The summed E-state index contributed by atoms with van der Waals surface area (Å²) in [5.41, 5.74) is 1.56. The van der Waals surface area contributed by atoms with Crippen molar-refractivity contribution in [2.75, 3.05) is 5.32 Å². The molecule has 0 spiro atoms. The molecule has 3 nitrogen and oxygen atoms in total. The second kappa shape index (κ2) is 5.50. The lowest BCUT2D eigenvalue weighted by Gasteiger charge is -2.08. The highest BCUT2D eigenvalue weighted by molar-refractivity contribution is 9.10. The van der Waals surface area contributed by atoms with Gasteiger partial charge >= 0.3 is 0 Å². The van der Waals surface area contributed by atoms with E-state index >= 15 is 0 Å². The van der Waals surface area contributed by atoms with Gasteiger partial charge < -0.3 is 5.32 Å². The lowest BCUT2D eigenvalue weighted by Crippen LogP contribution is -2.14. The number of aryl methyl sites for hydroxylation is 1. The second-order valence-electron chi connectivity index (χ2n) is 3.77. The lowest BCUT2D eigenvalue weighted by atomic mass is 10.1. The Bertz CT molecular complexity index is 601. The van der Waals surface area contributed by atoms with E-state index in [2.05, 4.69) is 26.2 Å². The van der Waals surface area contributed by atoms with Crippen LogP contribution in [0.1, 0.15) is 15.9 Å². The highest BCUT2D eigenvalue weighted by Crippen LogP contribution is 2.22. The number of nitrogens with zero attached hydrogens (tertiary/aromatic N) is 1. The summed E-state index contributed by atoms with van der Waals surface area (Å²) in [6, 6.07) is 8.95. The van der Waals surface area contributed by atoms with Gasteiger partial charge in [-0.15, -0.1) is 0 Å². The van der Waals surface area contributed by atoms with Crippen molar-refractivity contribution in [3.05, 3.63) is 57.2 Å². The number of pyridine rings is 1. The quantitative estimate of drug-likeness (QED) is 0.905. The van der Waals surface area contributed by atoms with Crippen LogP contribution in [0.25, 0.3) is 0 Å². The molecular formula is C13H10BrClN2O. The first-order valence-electron chi connectivity index (χ1n) is 5.26. The van der Waals surface area contributed by atoms with Crippen LogP contribution in [0, 0.1) is 6.92 Å². The molecule has 0 fully saturated rings. The number of carbonyl (C=O) groups excluding carboxylic acids is 1. The number of hydrogen-bond donors (Lipinski definition) is 1. The fourth-order valence-electron chi connectivity index (χ4n) is 1.47. The first-order chi connectivity index (χ1) is 8.58. The average molecular weight is 326 g/mol. The van der Waals surface area contributed by atoms with Crippen molar-refractivity contribution in [2.45, 2.75) is 6.92 Å². The van der Waals surface area contributed by atoms with Gasteiger partial charge in [-0.05, 0) is 47.1 Å². The van der Waals surface area contributed by atoms with Crippen molar-refractivity contribution < 1.29 is 4.79 Å². The molecular weight excluding hydrogens is 316 g/mol. The van der Waals surface area contributed by atoms with E-state index in [1.54, 1.807) is 24.4 Å². The largest absolute Gasteiger partial charge is 0.305 e. The maximum atomic E-state index is 12.1. The SMILES string of the molecule is Cc1ccc(Br)c(C(=O)Nc2ncccc2Cl)c1. The van der Waals surface area contributed by atoms with E-state index in [-0.39, 0.29) is 5.91 Å². The van der Waals surface area contributed by atoms with Gasteiger partial charge in [0.2, 0.25) is 0 Å². The summed E-state index contributed by atoms with van der Waals surface area (Å²) in [6.45, 7) is 1.93. The highest BCUT2D eigenvalue weighted by Gasteiger charge is 2.12. The molecule has 0 atom stereocenters. The van der Waals surface area contributed by atoms with Crippen LogP contribution in [-0.2, 0) is 0 Å². The first-order valence-corrected chi connectivity index (χ1v) is 6.43. The molecule has 1 N–H and O–H groups in total. The van der Waals surface area contributed by atoms with Crippen LogP contribution in [0.2, 0.25) is 5.02 Å². The number of halogens is 2. The molecule has 92 valence electrons. The van der Waals surface area contributed by atoms with Crippen molar-refractivity contribution in [3.63, 3.8) is 0 Å². The van der Waals surface area contributed by atoms with Crippen LogP contribution < -0.4 is 5.32 Å². The Morgan fingerprint density at radius 1 is 1.39 bits per heavy atom. The van der Waals surface area contributed by atoms with Gasteiger partial charge in [0.15, 0.2) is 5.82 Å². The van der Waals surface area contributed by atoms with Crippen molar-refractivity contribution in [1.29, 1.82) is 0 Å². The predicted octanol–water partition coefficient (Wildman–Crippen LogP) is 4.06. The van der Waals surface area contributed by atoms with Crippen molar-refractivity contribution in [2.24, 2.45) is 0 Å². The van der Waals surface area contributed by atoms with Crippen LogP contribution in [-0.4, -0.2) is 10.9 Å². The number of anilines is 1. The van der Waals surface area contributed by atoms with Gasteiger partial charge in [0.25, 0.3) is 5.91 Å². The Labute approximate surface area is 118 Å². The van der Waals surface area contributed by atoms with Gasteiger partial charge in [-0.25, -0.2) is 4.98 Å². The maximum absolute atomic E-state index is 12.1. The van der Waals surface area contributed by atoms with Crippen molar-refractivity contribution >= 4 is 39.3 Å². The van der Waals surface area contributed by atoms with E-state index in [4.69, 9.17) is 11.6 Å². The Morgan fingerprint density at radius 2 is 2.17 bits per heavy atom. The monoisotopic (exact) mass is 324 g/mol. The summed E-state index contributed by atoms with van der Waals surface area (Å²) >= 11 is 9.29. The topological polar surface area (TPSA) is 42.0 Å².